The lowest BCUT2D eigenvalue weighted by Crippen LogP contribution is -2.21. The molecule has 4 aromatic rings. The molecular formula is C23H22F3N7O2. The molecule has 0 saturated carbocycles. The predicted molar refractivity (Wildman–Crippen MR) is 121 cm³/mol. The van der Waals surface area contributed by atoms with Crippen LogP contribution in [0.25, 0.3) is 22.6 Å². The molecule has 0 N–H and O–H groups in total. The van der Waals surface area contributed by atoms with Gasteiger partial charge in [0.15, 0.2) is 5.82 Å². The number of hydrogen-bond donors (Lipinski definition) is 0. The van der Waals surface area contributed by atoms with E-state index < -0.39 is 18.0 Å². The molecule has 4 heterocycles. The number of halogens is 3. The predicted octanol–water partition coefficient (Wildman–Crippen LogP) is 4.14. The van der Waals surface area contributed by atoms with E-state index in [0.29, 0.717) is 47.4 Å². The molecule has 12 heteroatoms. The van der Waals surface area contributed by atoms with Crippen molar-refractivity contribution in [3.05, 3.63) is 47.9 Å². The highest BCUT2D eigenvalue weighted by molar-refractivity contribution is 5.86. The molecule has 0 atom stereocenters. The highest BCUT2D eigenvalue weighted by Gasteiger charge is 2.40. The lowest BCUT2D eigenvalue weighted by atomic mass is 10.2. The van der Waals surface area contributed by atoms with Gasteiger partial charge >= 0.3 is 12.1 Å². The second kappa shape index (κ2) is 8.36. The molecule has 9 nitrogen and oxygen atoms in total. The maximum absolute atomic E-state index is 14.0. The molecule has 1 aliphatic heterocycles. The molecular weight excluding hydrogens is 463 g/mol. The number of benzene rings is 1. The molecule has 3 aromatic heterocycles. The summed E-state index contributed by atoms with van der Waals surface area (Å²) in [6, 6.07) is 5.13. The maximum Gasteiger partial charge on any atom is 0.451 e. The van der Waals surface area contributed by atoms with E-state index >= 15 is 0 Å². The Balaban J connectivity index is 1.74. The minimum Gasteiger partial charge on any atom is -0.426 e. The van der Waals surface area contributed by atoms with Crippen LogP contribution in [0.2, 0.25) is 0 Å². The van der Waals surface area contributed by atoms with E-state index in [2.05, 4.69) is 20.1 Å². The average Bonchev–Trinajstić information content (AvgIpc) is 3.52. The number of ether oxygens (including phenoxy) is 1. The van der Waals surface area contributed by atoms with E-state index in [1.54, 1.807) is 36.6 Å². The SMILES string of the molecule is CC(=O)Oc1ccc(-n2c(-c3nc(C(F)(F)F)n4ncnc(N5CCCC5)c34)cnc2C)cc1C. The molecule has 182 valence electrons. The number of alkyl halides is 3. The van der Waals surface area contributed by atoms with Crippen LogP contribution in [0.15, 0.2) is 30.7 Å². The summed E-state index contributed by atoms with van der Waals surface area (Å²) in [6.45, 7) is 6.22. The zero-order chi connectivity index (χ0) is 24.9. The van der Waals surface area contributed by atoms with Gasteiger partial charge in [-0.3, -0.25) is 9.36 Å². The van der Waals surface area contributed by atoms with Gasteiger partial charge in [0, 0.05) is 25.7 Å². The van der Waals surface area contributed by atoms with Crippen molar-refractivity contribution in [1.29, 1.82) is 0 Å². The summed E-state index contributed by atoms with van der Waals surface area (Å²) < 4.78 is 49.6. The first-order valence-electron chi connectivity index (χ1n) is 11.0. The largest absolute Gasteiger partial charge is 0.451 e. The Bertz CT molecular complexity index is 1440. The minimum absolute atomic E-state index is 0.0853. The fourth-order valence-electron chi connectivity index (χ4n) is 4.42. The van der Waals surface area contributed by atoms with Crippen molar-refractivity contribution in [2.45, 2.75) is 39.8 Å². The molecule has 0 bridgehead atoms. The lowest BCUT2D eigenvalue weighted by molar-refractivity contribution is -0.146. The van der Waals surface area contributed by atoms with Crippen molar-refractivity contribution < 1.29 is 22.7 Å². The van der Waals surface area contributed by atoms with Gasteiger partial charge in [-0.25, -0.2) is 19.5 Å². The second-order valence-corrected chi connectivity index (χ2v) is 8.39. The van der Waals surface area contributed by atoms with Crippen LogP contribution in [0, 0.1) is 13.8 Å². The van der Waals surface area contributed by atoms with Crippen LogP contribution in [0.4, 0.5) is 19.0 Å². The summed E-state index contributed by atoms with van der Waals surface area (Å²) in [6.07, 6.45) is -0.248. The third-order valence-corrected chi connectivity index (χ3v) is 5.92. The van der Waals surface area contributed by atoms with E-state index in [9.17, 15) is 18.0 Å². The number of carbonyl (C=O) groups excluding carboxylic acids is 1. The summed E-state index contributed by atoms with van der Waals surface area (Å²) in [5.41, 5.74) is 1.95. The zero-order valence-corrected chi connectivity index (χ0v) is 19.3. The van der Waals surface area contributed by atoms with E-state index in [4.69, 9.17) is 4.74 Å². The van der Waals surface area contributed by atoms with Crippen LogP contribution in [0.5, 0.6) is 5.75 Å². The Kier molecular flexibility index (Phi) is 5.45. The molecule has 5 rings (SSSR count). The first-order valence-corrected chi connectivity index (χ1v) is 11.0. The summed E-state index contributed by atoms with van der Waals surface area (Å²) in [5, 5.41) is 3.91. The van der Waals surface area contributed by atoms with Gasteiger partial charge in [-0.1, -0.05) is 0 Å². The van der Waals surface area contributed by atoms with E-state index in [1.165, 1.54) is 13.1 Å². The van der Waals surface area contributed by atoms with Crippen LogP contribution in [-0.4, -0.2) is 48.2 Å². The van der Waals surface area contributed by atoms with Crippen molar-refractivity contribution >= 4 is 17.3 Å². The fourth-order valence-corrected chi connectivity index (χ4v) is 4.42. The van der Waals surface area contributed by atoms with Gasteiger partial charge < -0.3 is 9.64 Å². The Morgan fingerprint density at radius 2 is 1.86 bits per heavy atom. The number of esters is 1. The van der Waals surface area contributed by atoms with E-state index in [1.807, 2.05) is 4.90 Å². The van der Waals surface area contributed by atoms with Gasteiger partial charge in [-0.2, -0.15) is 18.3 Å². The summed E-state index contributed by atoms with van der Waals surface area (Å²) in [7, 11) is 0. The minimum atomic E-state index is -4.72. The van der Waals surface area contributed by atoms with Crippen molar-refractivity contribution in [1.82, 2.24) is 29.1 Å². The van der Waals surface area contributed by atoms with Gasteiger partial charge in [0.05, 0.1) is 11.9 Å². The third-order valence-electron chi connectivity index (χ3n) is 5.92. The third kappa shape index (κ3) is 3.98. The topological polar surface area (TPSA) is 90.4 Å². The smallest absolute Gasteiger partial charge is 0.426 e. The van der Waals surface area contributed by atoms with Gasteiger partial charge in [-0.05, 0) is 50.5 Å². The first-order chi connectivity index (χ1) is 16.6. The van der Waals surface area contributed by atoms with Crippen LogP contribution in [0.3, 0.4) is 0 Å². The highest BCUT2D eigenvalue weighted by Crippen LogP contribution is 2.38. The first kappa shape index (κ1) is 22.8. The quantitative estimate of drug-likeness (QED) is 0.317. The number of carbonyl (C=O) groups is 1. The van der Waals surface area contributed by atoms with Crippen molar-refractivity contribution in [3.63, 3.8) is 0 Å². The van der Waals surface area contributed by atoms with Gasteiger partial charge in [0.2, 0.25) is 5.82 Å². The number of fused-ring (bicyclic) bond motifs is 1. The number of nitrogens with zero attached hydrogens (tertiary/aromatic N) is 7. The van der Waals surface area contributed by atoms with Gasteiger partial charge in [0.25, 0.3) is 0 Å². The Morgan fingerprint density at radius 1 is 1.11 bits per heavy atom. The summed E-state index contributed by atoms with van der Waals surface area (Å²) >= 11 is 0. The van der Waals surface area contributed by atoms with Gasteiger partial charge in [-0.15, -0.1) is 0 Å². The number of imidazole rings is 2. The van der Waals surface area contributed by atoms with E-state index in [-0.39, 0.29) is 11.2 Å². The molecule has 1 aliphatic rings. The van der Waals surface area contributed by atoms with Crippen molar-refractivity contribution in [3.8, 4) is 22.8 Å². The normalized spacial score (nSPS) is 14.2. The number of rotatable bonds is 4. The number of aromatic nitrogens is 6. The molecule has 0 unspecified atom stereocenters. The van der Waals surface area contributed by atoms with Crippen molar-refractivity contribution in [2.24, 2.45) is 0 Å². The summed E-state index contributed by atoms with van der Waals surface area (Å²) in [4.78, 5) is 26.0. The Hall–Kier alpha value is -3.96. The molecule has 1 saturated heterocycles. The maximum atomic E-state index is 14.0. The van der Waals surface area contributed by atoms with Crippen LogP contribution in [0.1, 0.15) is 37.0 Å². The number of hydrogen-bond acceptors (Lipinski definition) is 7. The zero-order valence-electron chi connectivity index (χ0n) is 19.3. The van der Waals surface area contributed by atoms with Crippen LogP contribution in [-0.2, 0) is 11.0 Å². The molecule has 0 radical (unpaired) electrons. The van der Waals surface area contributed by atoms with Crippen molar-refractivity contribution in [2.75, 3.05) is 18.0 Å². The standard InChI is InChI=1S/C23H22F3N7O2/c1-13-10-16(6-7-18(13)35-15(3)34)32-14(2)27-11-17(32)19-20-21(31-8-4-5-9-31)28-12-29-33(20)22(30-19)23(24,25)26/h6-7,10-12H,4-5,8-9H2,1-3H3. The summed E-state index contributed by atoms with van der Waals surface area (Å²) in [5.74, 6) is -0.218. The van der Waals surface area contributed by atoms with E-state index in [0.717, 1.165) is 23.7 Å². The molecule has 0 aliphatic carbocycles. The number of anilines is 1. The molecule has 1 fully saturated rings. The Morgan fingerprint density at radius 3 is 2.51 bits per heavy atom. The molecule has 0 amide bonds. The molecule has 1 aromatic carbocycles. The van der Waals surface area contributed by atoms with Crippen LogP contribution < -0.4 is 9.64 Å². The highest BCUT2D eigenvalue weighted by atomic mass is 19.4. The Labute approximate surface area is 198 Å². The van der Waals surface area contributed by atoms with Crippen LogP contribution >= 0.6 is 0 Å². The molecule has 0 spiro atoms. The fraction of sp³-hybridized carbons (Fsp3) is 0.348. The monoisotopic (exact) mass is 485 g/mol. The molecule has 35 heavy (non-hydrogen) atoms. The van der Waals surface area contributed by atoms with Gasteiger partial charge in [0.1, 0.15) is 29.1 Å². The average molecular weight is 485 g/mol. The number of aryl methyl sites for hydroxylation is 2. The lowest BCUT2D eigenvalue weighted by Gasteiger charge is -2.18. The second-order valence-electron chi connectivity index (χ2n) is 8.39.